The minimum absolute atomic E-state index is 0.560. The molecular formula is C5H8F5NO. The van der Waals surface area contributed by atoms with Crippen LogP contribution in [-0.4, -0.2) is 37.9 Å². The number of halogens is 5. The van der Waals surface area contributed by atoms with Crippen LogP contribution in [0.15, 0.2) is 0 Å². The zero-order valence-corrected chi connectivity index (χ0v) is 6.07. The first kappa shape index (κ1) is 11.6. The van der Waals surface area contributed by atoms with E-state index in [9.17, 15) is 22.0 Å². The van der Waals surface area contributed by atoms with Crippen LogP contribution in [0.25, 0.3) is 0 Å². The van der Waals surface area contributed by atoms with Gasteiger partial charge in [-0.1, -0.05) is 0 Å². The number of rotatable bonds is 6. The molecular weight excluding hydrogens is 185 g/mol. The number of nitrogens with zero attached hydrogens (tertiary/aromatic N) is 1. The maximum atomic E-state index is 12.2. The molecule has 0 unspecified atom stereocenters. The highest BCUT2D eigenvalue weighted by Crippen LogP contribution is 2.20. The largest absolute Gasteiger partial charge is 0.371 e. The highest BCUT2D eigenvalue weighted by atomic mass is 19.3. The molecule has 0 fully saturated rings. The van der Waals surface area contributed by atoms with Crippen molar-refractivity contribution in [3.8, 4) is 0 Å². The smallest absolute Gasteiger partial charge is 0.355 e. The van der Waals surface area contributed by atoms with E-state index in [1.165, 1.54) is 0 Å². The van der Waals surface area contributed by atoms with Crippen molar-refractivity contribution in [3.63, 3.8) is 0 Å². The van der Waals surface area contributed by atoms with E-state index in [1.54, 1.807) is 0 Å². The third-order valence-electron chi connectivity index (χ3n) is 0.957. The predicted molar refractivity (Wildman–Crippen MR) is 30.7 cm³/mol. The molecule has 0 N–H and O–H groups in total. The Bertz CT molecular complexity index is 122. The van der Waals surface area contributed by atoms with Crippen LogP contribution >= 0.6 is 0 Å². The van der Waals surface area contributed by atoms with Crippen LogP contribution < -0.4 is 0 Å². The Morgan fingerprint density at radius 2 is 1.83 bits per heavy atom. The summed E-state index contributed by atoms with van der Waals surface area (Å²) in [6.07, 6.45) is 0. The zero-order chi connectivity index (χ0) is 9.61. The fourth-order valence-electron chi connectivity index (χ4n) is 0.407. The minimum atomic E-state index is -4.04. The Morgan fingerprint density at radius 3 is 2.25 bits per heavy atom. The van der Waals surface area contributed by atoms with Gasteiger partial charge in [0.05, 0.1) is 6.61 Å². The molecule has 0 rings (SSSR count). The molecule has 74 valence electrons. The van der Waals surface area contributed by atoms with E-state index >= 15 is 0 Å². The van der Waals surface area contributed by atoms with E-state index in [1.807, 2.05) is 0 Å². The molecule has 0 amide bonds. The molecule has 0 aliphatic rings. The molecule has 0 aliphatic carbocycles. The van der Waals surface area contributed by atoms with Crippen LogP contribution in [0.3, 0.4) is 0 Å². The van der Waals surface area contributed by atoms with Gasteiger partial charge in [0.1, 0.15) is 13.3 Å². The highest BCUT2D eigenvalue weighted by molar-refractivity contribution is 4.57. The van der Waals surface area contributed by atoms with Crippen molar-refractivity contribution >= 4 is 0 Å². The predicted octanol–water partition coefficient (Wildman–Crippen LogP) is 1.68. The molecule has 7 heteroatoms. The fourth-order valence-corrected chi connectivity index (χ4v) is 0.407. The number of hydrogen-bond donors (Lipinski definition) is 0. The van der Waals surface area contributed by atoms with Crippen LogP contribution in [-0.2, 0) is 4.74 Å². The van der Waals surface area contributed by atoms with E-state index in [2.05, 4.69) is 4.74 Å². The standard InChI is InChI=1S/C5H8F5NO/c6-1-2-12-3-5(8,9)11(10)4-7/h1-4H2. The van der Waals surface area contributed by atoms with Gasteiger partial charge in [0.25, 0.3) is 0 Å². The Balaban J connectivity index is 3.70. The number of ether oxygens (including phenoxy) is 1. The lowest BCUT2D eigenvalue weighted by molar-refractivity contribution is -0.270. The summed E-state index contributed by atoms with van der Waals surface area (Å²) in [5.41, 5.74) is 0. The van der Waals surface area contributed by atoms with Crippen molar-refractivity contribution in [1.82, 2.24) is 5.12 Å². The van der Waals surface area contributed by atoms with E-state index in [4.69, 9.17) is 0 Å². The van der Waals surface area contributed by atoms with Gasteiger partial charge >= 0.3 is 6.05 Å². The minimum Gasteiger partial charge on any atom is -0.371 e. The molecule has 0 saturated heterocycles. The average molecular weight is 193 g/mol. The van der Waals surface area contributed by atoms with Crippen molar-refractivity contribution in [2.45, 2.75) is 6.05 Å². The van der Waals surface area contributed by atoms with Crippen LogP contribution in [0.4, 0.5) is 22.0 Å². The Labute approximate surface area is 65.8 Å². The normalized spacial score (nSPS) is 12.5. The lowest BCUT2D eigenvalue weighted by Crippen LogP contribution is -2.39. The molecule has 2 nitrogen and oxygen atoms in total. The number of alkyl halides is 4. The molecule has 0 heterocycles. The summed E-state index contributed by atoms with van der Waals surface area (Å²) in [6, 6.07) is -4.04. The van der Waals surface area contributed by atoms with Gasteiger partial charge in [-0.2, -0.15) is 8.78 Å². The summed E-state index contributed by atoms with van der Waals surface area (Å²) < 4.78 is 62.9. The van der Waals surface area contributed by atoms with Gasteiger partial charge in [-0.25, -0.2) is 8.78 Å². The van der Waals surface area contributed by atoms with Crippen molar-refractivity contribution in [2.24, 2.45) is 0 Å². The summed E-state index contributed by atoms with van der Waals surface area (Å²) in [5, 5.41) is -1.31. The Morgan fingerprint density at radius 1 is 1.25 bits per heavy atom. The van der Waals surface area contributed by atoms with Crippen LogP contribution in [0.2, 0.25) is 0 Å². The fraction of sp³-hybridized carbons (Fsp3) is 1.00. The Hall–Kier alpha value is -0.430. The topological polar surface area (TPSA) is 12.5 Å². The van der Waals surface area contributed by atoms with Crippen molar-refractivity contribution < 1.29 is 26.8 Å². The van der Waals surface area contributed by atoms with Gasteiger partial charge in [0.2, 0.25) is 0 Å². The van der Waals surface area contributed by atoms with Crippen molar-refractivity contribution in [3.05, 3.63) is 0 Å². The third-order valence-corrected chi connectivity index (χ3v) is 0.957. The first-order chi connectivity index (χ1) is 5.54. The van der Waals surface area contributed by atoms with Gasteiger partial charge in [0, 0.05) is 0 Å². The van der Waals surface area contributed by atoms with Crippen molar-refractivity contribution in [2.75, 3.05) is 26.7 Å². The van der Waals surface area contributed by atoms with Gasteiger partial charge in [-0.3, -0.25) is 0 Å². The first-order valence-corrected chi connectivity index (χ1v) is 3.05. The average Bonchev–Trinajstić information content (AvgIpc) is 2.03. The molecule has 0 saturated carbocycles. The monoisotopic (exact) mass is 193 g/mol. The number of hydrogen-bond acceptors (Lipinski definition) is 2. The lowest BCUT2D eigenvalue weighted by Gasteiger charge is -2.19. The second-order valence-electron chi connectivity index (χ2n) is 1.89. The summed E-state index contributed by atoms with van der Waals surface area (Å²) in [7, 11) is 0. The molecule has 0 aromatic carbocycles. The van der Waals surface area contributed by atoms with Crippen molar-refractivity contribution in [1.29, 1.82) is 0 Å². The Kier molecular flexibility index (Phi) is 5.07. The molecule has 0 bridgehead atoms. The summed E-state index contributed by atoms with van der Waals surface area (Å²) in [4.78, 5) is 0. The molecule has 0 atom stereocenters. The summed E-state index contributed by atoms with van der Waals surface area (Å²) in [5.74, 6) is 0. The quantitative estimate of drug-likeness (QED) is 0.275. The molecule has 0 radical (unpaired) electrons. The molecule has 0 aliphatic heterocycles. The third kappa shape index (κ3) is 3.82. The second-order valence-corrected chi connectivity index (χ2v) is 1.89. The SMILES string of the molecule is FCCOCC(F)(F)N(F)CF. The molecule has 0 aromatic heterocycles. The zero-order valence-electron chi connectivity index (χ0n) is 6.07. The van der Waals surface area contributed by atoms with E-state index in [0.717, 1.165) is 0 Å². The summed E-state index contributed by atoms with van der Waals surface area (Å²) >= 11 is 0. The second kappa shape index (κ2) is 5.26. The molecule has 0 spiro atoms. The van der Waals surface area contributed by atoms with Crippen LogP contribution in [0.1, 0.15) is 0 Å². The van der Waals surface area contributed by atoms with E-state index < -0.39 is 37.9 Å². The molecule has 12 heavy (non-hydrogen) atoms. The lowest BCUT2D eigenvalue weighted by atomic mass is 10.6. The van der Waals surface area contributed by atoms with Gasteiger partial charge in [-0.15, -0.1) is 4.48 Å². The van der Waals surface area contributed by atoms with E-state index in [0.29, 0.717) is 0 Å². The maximum absolute atomic E-state index is 12.2. The highest BCUT2D eigenvalue weighted by Gasteiger charge is 2.38. The van der Waals surface area contributed by atoms with Gasteiger partial charge in [-0.05, 0) is 5.12 Å². The maximum Gasteiger partial charge on any atom is 0.355 e. The van der Waals surface area contributed by atoms with Crippen LogP contribution in [0.5, 0.6) is 0 Å². The van der Waals surface area contributed by atoms with Crippen LogP contribution in [0, 0.1) is 0 Å². The first-order valence-electron chi connectivity index (χ1n) is 3.05. The van der Waals surface area contributed by atoms with Gasteiger partial charge in [0.15, 0.2) is 6.80 Å². The summed E-state index contributed by atoms with van der Waals surface area (Å²) in [6.45, 7) is -4.81. The van der Waals surface area contributed by atoms with E-state index in [-0.39, 0.29) is 0 Å². The molecule has 0 aromatic rings. The van der Waals surface area contributed by atoms with Gasteiger partial charge < -0.3 is 4.74 Å².